The molecule has 0 amide bonds. The number of allylic oxidation sites excluding steroid dienone is 1. The summed E-state index contributed by atoms with van der Waals surface area (Å²) < 4.78 is 0. The maximum Gasteiger partial charge on any atom is 0.194 e. The van der Waals surface area contributed by atoms with Gasteiger partial charge in [-0.2, -0.15) is 0 Å². The molecule has 0 aliphatic heterocycles. The summed E-state index contributed by atoms with van der Waals surface area (Å²) in [6.07, 6.45) is 8.80. The van der Waals surface area contributed by atoms with E-state index in [1.54, 1.807) is 6.20 Å². The lowest BCUT2D eigenvalue weighted by atomic mass is 10.2. The van der Waals surface area contributed by atoms with Crippen molar-refractivity contribution in [1.82, 2.24) is 4.98 Å². The van der Waals surface area contributed by atoms with Gasteiger partial charge in [0.25, 0.3) is 0 Å². The third-order valence-corrected chi connectivity index (χ3v) is 2.77. The summed E-state index contributed by atoms with van der Waals surface area (Å²) in [5.41, 5.74) is 7.28. The number of nitrogens with one attached hydrogen (secondary N) is 1. The molecule has 0 atom stereocenters. The van der Waals surface area contributed by atoms with E-state index in [4.69, 9.17) is 5.73 Å². The molecular weight excluding hydrogens is 339 g/mol. The fourth-order valence-corrected chi connectivity index (χ4v) is 1.89. The normalized spacial score (nSPS) is 14.9. The molecule has 0 unspecified atom stereocenters. The van der Waals surface area contributed by atoms with Crippen LogP contribution in [0.25, 0.3) is 0 Å². The maximum absolute atomic E-state index is 5.77. The Hall–Kier alpha value is -1.11. The number of nitrogens with two attached hydrogens (primary N) is 1. The summed E-state index contributed by atoms with van der Waals surface area (Å²) in [5.74, 6) is 1.16. The SMILES string of the molecule is I.NC(=NCCC1=CCCC1)Nc1ccccn1. The summed E-state index contributed by atoms with van der Waals surface area (Å²) in [6, 6.07) is 5.64. The Morgan fingerprint density at radius 1 is 1.44 bits per heavy atom. The average Bonchev–Trinajstić information content (AvgIpc) is 2.83. The number of rotatable bonds is 4. The lowest BCUT2D eigenvalue weighted by Crippen LogP contribution is -2.23. The third kappa shape index (κ3) is 5.03. The zero-order chi connectivity index (χ0) is 11.9. The van der Waals surface area contributed by atoms with Crippen molar-refractivity contribution in [2.45, 2.75) is 25.7 Å². The smallest absolute Gasteiger partial charge is 0.194 e. The van der Waals surface area contributed by atoms with E-state index in [9.17, 15) is 0 Å². The molecular formula is C13H19IN4. The lowest BCUT2D eigenvalue weighted by molar-refractivity contribution is 0.850. The first kappa shape index (κ1) is 14.9. The van der Waals surface area contributed by atoms with Crippen LogP contribution in [-0.2, 0) is 0 Å². The van der Waals surface area contributed by atoms with Gasteiger partial charge >= 0.3 is 0 Å². The number of hydrogen-bond donors (Lipinski definition) is 2. The van der Waals surface area contributed by atoms with Gasteiger partial charge in [0.05, 0.1) is 0 Å². The Morgan fingerprint density at radius 3 is 3.00 bits per heavy atom. The number of halogens is 1. The van der Waals surface area contributed by atoms with Crippen LogP contribution in [0.1, 0.15) is 25.7 Å². The first-order valence-corrected chi connectivity index (χ1v) is 6.00. The van der Waals surface area contributed by atoms with Gasteiger partial charge in [-0.1, -0.05) is 17.7 Å². The molecule has 1 heterocycles. The summed E-state index contributed by atoms with van der Waals surface area (Å²) in [6.45, 7) is 0.748. The minimum absolute atomic E-state index is 0. The monoisotopic (exact) mass is 358 g/mol. The summed E-state index contributed by atoms with van der Waals surface area (Å²) in [5, 5.41) is 2.96. The first-order valence-electron chi connectivity index (χ1n) is 6.00. The van der Waals surface area contributed by atoms with Gasteiger partial charge in [-0.25, -0.2) is 4.98 Å². The van der Waals surface area contributed by atoms with Crippen molar-refractivity contribution in [2.75, 3.05) is 11.9 Å². The van der Waals surface area contributed by atoms with Gasteiger partial charge in [0.2, 0.25) is 0 Å². The zero-order valence-electron chi connectivity index (χ0n) is 10.3. The summed E-state index contributed by atoms with van der Waals surface area (Å²) in [4.78, 5) is 8.41. The third-order valence-electron chi connectivity index (χ3n) is 2.77. The molecule has 0 radical (unpaired) electrons. The molecule has 0 spiro atoms. The van der Waals surface area contributed by atoms with E-state index in [0.717, 1.165) is 18.8 Å². The number of anilines is 1. The number of guanidine groups is 1. The molecule has 1 aromatic heterocycles. The van der Waals surface area contributed by atoms with Gasteiger partial charge in [0.1, 0.15) is 5.82 Å². The molecule has 98 valence electrons. The fraction of sp³-hybridized carbons (Fsp3) is 0.385. The van der Waals surface area contributed by atoms with E-state index >= 15 is 0 Å². The predicted molar refractivity (Wildman–Crippen MR) is 86.3 cm³/mol. The van der Waals surface area contributed by atoms with Crippen LogP contribution in [-0.4, -0.2) is 17.5 Å². The van der Waals surface area contributed by atoms with Crippen LogP contribution in [0.4, 0.5) is 5.82 Å². The predicted octanol–water partition coefficient (Wildman–Crippen LogP) is 2.93. The van der Waals surface area contributed by atoms with E-state index in [2.05, 4.69) is 21.4 Å². The molecule has 2 rings (SSSR count). The second kappa shape index (κ2) is 8.07. The fourth-order valence-electron chi connectivity index (χ4n) is 1.89. The largest absolute Gasteiger partial charge is 0.370 e. The topological polar surface area (TPSA) is 63.3 Å². The van der Waals surface area contributed by atoms with E-state index in [0.29, 0.717) is 5.96 Å². The molecule has 0 fully saturated rings. The van der Waals surface area contributed by atoms with E-state index in [1.807, 2.05) is 18.2 Å². The van der Waals surface area contributed by atoms with Gasteiger partial charge in [0, 0.05) is 12.7 Å². The van der Waals surface area contributed by atoms with Crippen molar-refractivity contribution in [3.05, 3.63) is 36.0 Å². The zero-order valence-corrected chi connectivity index (χ0v) is 12.6. The van der Waals surface area contributed by atoms with Crippen LogP contribution in [0.2, 0.25) is 0 Å². The Bertz CT molecular complexity index is 414. The number of pyridine rings is 1. The molecule has 0 bridgehead atoms. The molecule has 1 aliphatic rings. The van der Waals surface area contributed by atoms with Crippen LogP contribution in [0.5, 0.6) is 0 Å². The molecule has 0 saturated carbocycles. The summed E-state index contributed by atoms with van der Waals surface area (Å²) in [7, 11) is 0. The van der Waals surface area contributed by atoms with Crippen LogP contribution in [0.15, 0.2) is 41.0 Å². The van der Waals surface area contributed by atoms with Crippen molar-refractivity contribution in [1.29, 1.82) is 0 Å². The van der Waals surface area contributed by atoms with Gasteiger partial charge < -0.3 is 11.1 Å². The van der Waals surface area contributed by atoms with Gasteiger partial charge in [0.15, 0.2) is 5.96 Å². The molecule has 1 aromatic rings. The van der Waals surface area contributed by atoms with Crippen molar-refractivity contribution in [2.24, 2.45) is 10.7 Å². The maximum atomic E-state index is 5.77. The van der Waals surface area contributed by atoms with Crippen molar-refractivity contribution >= 4 is 35.8 Å². The van der Waals surface area contributed by atoms with Gasteiger partial charge in [-0.3, -0.25) is 4.99 Å². The quantitative estimate of drug-likeness (QED) is 0.377. The van der Waals surface area contributed by atoms with Crippen LogP contribution in [0, 0.1) is 0 Å². The van der Waals surface area contributed by atoms with E-state index in [1.165, 1.54) is 24.8 Å². The molecule has 5 heteroatoms. The van der Waals surface area contributed by atoms with E-state index < -0.39 is 0 Å². The minimum Gasteiger partial charge on any atom is -0.370 e. The number of hydrogen-bond acceptors (Lipinski definition) is 2. The average molecular weight is 358 g/mol. The first-order chi connectivity index (χ1) is 8.34. The summed E-state index contributed by atoms with van der Waals surface area (Å²) >= 11 is 0. The van der Waals surface area contributed by atoms with Crippen LogP contribution in [0.3, 0.4) is 0 Å². The molecule has 4 nitrogen and oxygen atoms in total. The Morgan fingerprint density at radius 2 is 2.33 bits per heavy atom. The second-order valence-electron chi connectivity index (χ2n) is 4.11. The van der Waals surface area contributed by atoms with Gasteiger partial charge in [-0.05, 0) is 37.8 Å². The highest BCUT2D eigenvalue weighted by molar-refractivity contribution is 14.0. The van der Waals surface area contributed by atoms with Crippen molar-refractivity contribution < 1.29 is 0 Å². The number of aromatic nitrogens is 1. The molecule has 18 heavy (non-hydrogen) atoms. The van der Waals surface area contributed by atoms with Gasteiger partial charge in [-0.15, -0.1) is 24.0 Å². The highest BCUT2D eigenvalue weighted by Gasteiger charge is 2.03. The Kier molecular flexibility index (Phi) is 6.70. The number of aliphatic imine (C=N–C) groups is 1. The molecule has 0 aromatic carbocycles. The lowest BCUT2D eigenvalue weighted by Gasteiger charge is -2.04. The Labute approximate surface area is 125 Å². The molecule has 0 saturated heterocycles. The number of nitrogens with zero attached hydrogens (tertiary/aromatic N) is 2. The van der Waals surface area contributed by atoms with E-state index in [-0.39, 0.29) is 24.0 Å². The highest BCUT2D eigenvalue weighted by Crippen LogP contribution is 2.20. The second-order valence-corrected chi connectivity index (χ2v) is 4.11. The Balaban J connectivity index is 0.00000162. The molecule has 3 N–H and O–H groups in total. The van der Waals surface area contributed by atoms with Crippen LogP contribution >= 0.6 is 24.0 Å². The van der Waals surface area contributed by atoms with Crippen molar-refractivity contribution in [3.63, 3.8) is 0 Å². The standard InChI is InChI=1S/C13H18N4.HI/c14-13(17-12-7-3-4-9-15-12)16-10-8-11-5-1-2-6-11;/h3-5,7,9H,1-2,6,8,10H2,(H3,14,15,16,17);1H. The minimum atomic E-state index is 0. The molecule has 1 aliphatic carbocycles. The van der Waals surface area contributed by atoms with Crippen molar-refractivity contribution in [3.8, 4) is 0 Å². The highest BCUT2D eigenvalue weighted by atomic mass is 127. The van der Waals surface area contributed by atoms with Crippen LogP contribution < -0.4 is 11.1 Å².